The van der Waals surface area contributed by atoms with Gasteiger partial charge in [-0.25, -0.2) is 0 Å². The highest BCUT2D eigenvalue weighted by atomic mass is 15.0. The van der Waals surface area contributed by atoms with Gasteiger partial charge in [0.25, 0.3) is 0 Å². The Balaban J connectivity index is 3.91. The molecule has 0 saturated heterocycles. The third-order valence-corrected chi connectivity index (χ3v) is 0.697. The Kier molecular flexibility index (Phi) is 3.32. The molecule has 0 rings (SSSR count). The van der Waals surface area contributed by atoms with Gasteiger partial charge in [-0.05, 0) is 0 Å². The van der Waals surface area contributed by atoms with Gasteiger partial charge >= 0.3 is 5.70 Å². The van der Waals surface area contributed by atoms with E-state index in [-0.39, 0.29) is 0 Å². The van der Waals surface area contributed by atoms with E-state index in [1.165, 1.54) is 0 Å². The molecule has 8 heavy (non-hydrogen) atoms. The molecule has 0 atom stereocenters. The van der Waals surface area contributed by atoms with E-state index in [0.29, 0.717) is 12.1 Å². The molecule has 0 aliphatic rings. The predicted molar refractivity (Wildman–Crippen MR) is 29.2 cm³/mol. The van der Waals surface area contributed by atoms with Crippen LogP contribution in [0.25, 0.3) is 10.5 Å². The van der Waals surface area contributed by atoms with Crippen LogP contribution in [0, 0.1) is 5.39 Å². The second-order valence-electron chi connectivity index (χ2n) is 1.19. The molecule has 4 heteroatoms. The molecule has 0 aliphatic carbocycles. The van der Waals surface area contributed by atoms with E-state index in [1.807, 2.05) is 0 Å². The molecule has 0 aliphatic heterocycles. The van der Waals surface area contributed by atoms with Crippen LogP contribution < -0.4 is 0 Å². The van der Waals surface area contributed by atoms with Crippen LogP contribution in [0.1, 0.15) is 13.3 Å². The Morgan fingerprint density at radius 3 is 2.75 bits per heavy atom. The largest absolute Gasteiger partial charge is 0.707 e. The molecule has 0 saturated carbocycles. The summed E-state index contributed by atoms with van der Waals surface area (Å²) in [7, 11) is 0. The fourth-order valence-electron chi connectivity index (χ4n) is 0.254. The molecule has 0 heterocycles. The van der Waals surface area contributed by atoms with Crippen LogP contribution in [0.2, 0.25) is 0 Å². The van der Waals surface area contributed by atoms with E-state index < -0.39 is 0 Å². The van der Waals surface area contributed by atoms with Crippen molar-refractivity contribution in [1.82, 2.24) is 0 Å². The van der Waals surface area contributed by atoms with Crippen molar-refractivity contribution in [2.45, 2.75) is 13.3 Å². The van der Waals surface area contributed by atoms with E-state index in [9.17, 15) is 0 Å². The van der Waals surface area contributed by atoms with Crippen LogP contribution in [0.5, 0.6) is 0 Å². The summed E-state index contributed by atoms with van der Waals surface area (Å²) in [6, 6.07) is 0. The molecular weight excluding hydrogens is 104 g/mol. The summed E-state index contributed by atoms with van der Waals surface area (Å²) >= 11 is 0. The highest BCUT2D eigenvalue weighted by molar-refractivity contribution is 5.06. The van der Waals surface area contributed by atoms with Gasteiger partial charge in [-0.2, -0.15) is 0 Å². The Hall–Kier alpha value is -1.24. The van der Waals surface area contributed by atoms with Crippen LogP contribution in [0.15, 0.2) is 17.0 Å². The first kappa shape index (κ1) is 6.76. The maximum atomic E-state index is 8.04. The third kappa shape index (κ3) is 2.03. The molecule has 0 aromatic heterocycles. The average molecular weight is 110 g/mol. The zero-order valence-corrected chi connectivity index (χ0v) is 4.57. The number of hydrogen-bond acceptors (Lipinski definition) is 2. The lowest BCUT2D eigenvalue weighted by molar-refractivity contribution is 1.11. The minimum absolute atomic E-state index is 0.354. The molecule has 0 N–H and O–H groups in total. The fraction of sp³-hybridized carbons (Fsp3) is 0.500. The number of nitrogens with zero attached hydrogens (tertiary/aromatic N) is 4. The van der Waals surface area contributed by atoms with Crippen molar-refractivity contribution in [2.75, 3.05) is 0 Å². The zero-order chi connectivity index (χ0) is 6.41. The molecule has 0 radical (unpaired) electrons. The van der Waals surface area contributed by atoms with Crippen LogP contribution in [-0.2, 0) is 0 Å². The van der Waals surface area contributed by atoms with Gasteiger partial charge in [-0.1, -0.05) is 6.92 Å². The quantitative estimate of drug-likeness (QED) is 0.396. The van der Waals surface area contributed by atoms with Gasteiger partial charge < -0.3 is 10.6 Å². The first-order chi connectivity index (χ1) is 3.85. The molecule has 0 spiro atoms. The van der Waals surface area contributed by atoms with E-state index in [1.54, 1.807) is 6.92 Å². The smallest absolute Gasteiger partial charge is 0.377 e. The normalized spacial score (nSPS) is 10.2. The molecule has 0 fully saturated rings. The fourth-order valence-corrected chi connectivity index (χ4v) is 0.254. The monoisotopic (exact) mass is 110 g/mol. The van der Waals surface area contributed by atoms with Crippen LogP contribution in [0.3, 0.4) is 0 Å². The summed E-state index contributed by atoms with van der Waals surface area (Å²) in [4.78, 5) is 2.80. The summed E-state index contributed by atoms with van der Waals surface area (Å²) < 4.78 is 0. The zero-order valence-electron chi connectivity index (χ0n) is 4.57. The third-order valence-electron chi connectivity index (χ3n) is 0.697. The SMILES string of the molecule is CCC(=CN=[N-])[N+]#N. The molecule has 0 aromatic rings. The minimum atomic E-state index is 0.354. The van der Waals surface area contributed by atoms with Gasteiger partial charge in [0.2, 0.25) is 5.39 Å². The molecule has 0 amide bonds. The number of hydrogen-bond donors (Lipinski definition) is 0. The number of diazo groups is 1. The average Bonchev–Trinajstić information content (AvgIpc) is 1.83. The minimum Gasteiger partial charge on any atom is -0.707 e. The Morgan fingerprint density at radius 2 is 2.62 bits per heavy atom. The molecule has 42 valence electrons. The van der Waals surface area contributed by atoms with Gasteiger partial charge in [-0.15, -0.1) is 0 Å². The lowest BCUT2D eigenvalue weighted by Crippen LogP contribution is -1.65. The van der Waals surface area contributed by atoms with Crippen LogP contribution in [-0.4, -0.2) is 0 Å². The maximum absolute atomic E-state index is 8.04. The second kappa shape index (κ2) is 3.93. The molecule has 0 unspecified atom stereocenters. The number of allylic oxidation sites excluding steroid dienone is 1. The molecule has 0 bridgehead atoms. The molecular formula is C4H6N4. The summed E-state index contributed by atoms with van der Waals surface area (Å²) in [6.07, 6.45) is 1.64. The van der Waals surface area contributed by atoms with Crippen molar-refractivity contribution in [3.05, 3.63) is 22.4 Å². The van der Waals surface area contributed by atoms with Gasteiger partial charge in [0.15, 0.2) is 4.98 Å². The standard InChI is InChI=1S/C4H6N4/c1-2-4(8-6)3-7-5/h3H,2H2,1H3. The van der Waals surface area contributed by atoms with Gasteiger partial charge in [-0.3, -0.25) is 0 Å². The van der Waals surface area contributed by atoms with Crippen molar-refractivity contribution in [2.24, 2.45) is 5.11 Å². The van der Waals surface area contributed by atoms with E-state index in [2.05, 4.69) is 10.1 Å². The topological polar surface area (TPSA) is 62.8 Å². The van der Waals surface area contributed by atoms with E-state index >= 15 is 0 Å². The Labute approximate surface area is 47.3 Å². The summed E-state index contributed by atoms with van der Waals surface area (Å²) in [5, 5.41) is 10.7. The van der Waals surface area contributed by atoms with Crippen molar-refractivity contribution in [1.29, 1.82) is 5.39 Å². The first-order valence-corrected chi connectivity index (χ1v) is 2.23. The maximum Gasteiger partial charge on any atom is 0.377 e. The van der Waals surface area contributed by atoms with Crippen molar-refractivity contribution in [3.63, 3.8) is 0 Å². The summed E-state index contributed by atoms with van der Waals surface area (Å²) in [6.45, 7) is 1.79. The molecule has 0 aromatic carbocycles. The summed E-state index contributed by atoms with van der Waals surface area (Å²) in [5.74, 6) is 0. The van der Waals surface area contributed by atoms with Crippen molar-refractivity contribution >= 4 is 0 Å². The van der Waals surface area contributed by atoms with Gasteiger partial charge in [0, 0.05) is 0 Å². The van der Waals surface area contributed by atoms with E-state index in [4.69, 9.17) is 10.9 Å². The predicted octanol–water partition coefficient (Wildman–Crippen LogP) is 2.11. The first-order valence-electron chi connectivity index (χ1n) is 2.23. The van der Waals surface area contributed by atoms with Crippen molar-refractivity contribution < 1.29 is 0 Å². The molecule has 4 nitrogen and oxygen atoms in total. The highest BCUT2D eigenvalue weighted by Crippen LogP contribution is 2.00. The second-order valence-corrected chi connectivity index (χ2v) is 1.19. The lowest BCUT2D eigenvalue weighted by atomic mass is 10.4. The summed E-state index contributed by atoms with van der Waals surface area (Å²) in [5.41, 5.74) is 8.23. The van der Waals surface area contributed by atoms with Crippen molar-refractivity contribution in [3.8, 4) is 0 Å². The highest BCUT2D eigenvalue weighted by Gasteiger charge is 2.01. The van der Waals surface area contributed by atoms with Gasteiger partial charge in [0.05, 0.1) is 12.6 Å². The van der Waals surface area contributed by atoms with Gasteiger partial charge in [0.1, 0.15) is 0 Å². The number of rotatable bonds is 2. The van der Waals surface area contributed by atoms with Crippen LogP contribution >= 0.6 is 0 Å². The Bertz CT molecular complexity index is 141. The van der Waals surface area contributed by atoms with Crippen LogP contribution in [0.4, 0.5) is 0 Å². The lowest BCUT2D eigenvalue weighted by Gasteiger charge is -1.74. The van der Waals surface area contributed by atoms with E-state index in [0.717, 1.165) is 6.20 Å². The Morgan fingerprint density at radius 1 is 2.00 bits per heavy atom.